The first kappa shape index (κ1) is 34.4. The Morgan fingerprint density at radius 2 is 1.07 bits per heavy atom. The van der Waals surface area contributed by atoms with Crippen molar-refractivity contribution >= 4 is 46.8 Å². The molecule has 2 fully saturated rings. The molecule has 242 valence electrons. The molecule has 4 atom stereocenters. The fraction of sp³-hybridized carbons (Fsp3) is 0.571. The molecule has 0 aromatic heterocycles. The third kappa shape index (κ3) is 11.2. The van der Waals surface area contributed by atoms with Crippen molar-refractivity contribution in [1.82, 2.24) is 31.9 Å². The van der Waals surface area contributed by atoms with Gasteiger partial charge in [0.2, 0.25) is 35.4 Å². The molecule has 0 saturated carbocycles. The zero-order chi connectivity index (χ0) is 31.9. The van der Waals surface area contributed by atoms with Crippen LogP contribution in [0.4, 0.5) is 11.4 Å². The molecule has 2 aliphatic rings. The van der Waals surface area contributed by atoms with E-state index in [1.54, 1.807) is 24.3 Å². The largest absolute Gasteiger partial charge is 0.394 e. The maximum absolute atomic E-state index is 12.3. The minimum Gasteiger partial charge on any atom is -0.394 e. The number of rotatable bonds is 16. The lowest BCUT2D eigenvalue weighted by atomic mass is 10.2. The number of amides is 6. The van der Waals surface area contributed by atoms with E-state index in [9.17, 15) is 39.0 Å². The lowest BCUT2D eigenvalue weighted by Gasteiger charge is -2.18. The Morgan fingerprint density at radius 1 is 0.682 bits per heavy atom. The first-order chi connectivity index (χ1) is 21.2. The zero-order valence-electron chi connectivity index (χ0n) is 24.4. The first-order valence-corrected chi connectivity index (χ1v) is 14.7. The number of hydrogen-bond donors (Lipinski definition) is 10. The summed E-state index contributed by atoms with van der Waals surface area (Å²) in [5, 5.41) is 40.4. The molecule has 16 nitrogen and oxygen atoms in total. The van der Waals surface area contributed by atoms with E-state index in [2.05, 4.69) is 42.5 Å². The van der Waals surface area contributed by atoms with Crippen molar-refractivity contribution in [2.75, 3.05) is 50.0 Å². The lowest BCUT2D eigenvalue weighted by molar-refractivity contribution is -0.130. The Bertz CT molecular complexity index is 1060. The van der Waals surface area contributed by atoms with Gasteiger partial charge < -0.3 is 52.7 Å². The smallest absolute Gasteiger partial charge is 0.244 e. The molecule has 1 aromatic carbocycles. The Morgan fingerprint density at radius 3 is 1.39 bits per heavy atom. The van der Waals surface area contributed by atoms with E-state index in [1.165, 1.54) is 0 Å². The van der Waals surface area contributed by atoms with Crippen molar-refractivity contribution in [3.8, 4) is 0 Å². The molecule has 3 rings (SSSR count). The van der Waals surface area contributed by atoms with Crippen LogP contribution in [0.15, 0.2) is 24.3 Å². The average molecular weight is 619 g/mol. The fourth-order valence-corrected chi connectivity index (χ4v) is 4.68. The van der Waals surface area contributed by atoms with E-state index in [-0.39, 0.29) is 61.6 Å². The minimum absolute atomic E-state index is 0.00740. The minimum atomic E-state index is -1.11. The Balaban J connectivity index is 1.31. The van der Waals surface area contributed by atoms with Crippen molar-refractivity contribution in [3.05, 3.63) is 24.3 Å². The highest BCUT2D eigenvalue weighted by Crippen LogP contribution is 2.14. The first-order valence-electron chi connectivity index (χ1n) is 14.7. The van der Waals surface area contributed by atoms with E-state index >= 15 is 0 Å². The third-order valence-electron chi connectivity index (χ3n) is 7.14. The summed E-state index contributed by atoms with van der Waals surface area (Å²) in [6.07, 6.45) is 2.93. The summed E-state index contributed by atoms with van der Waals surface area (Å²) >= 11 is 0. The number of nitrogens with one attached hydrogen (secondary N) is 8. The topological polar surface area (TPSA) is 239 Å². The maximum atomic E-state index is 12.3. The third-order valence-corrected chi connectivity index (χ3v) is 7.14. The van der Waals surface area contributed by atoms with Gasteiger partial charge in [-0.25, -0.2) is 0 Å². The van der Waals surface area contributed by atoms with E-state index in [4.69, 9.17) is 0 Å². The zero-order valence-corrected chi connectivity index (χ0v) is 24.4. The molecule has 0 radical (unpaired) electrons. The van der Waals surface area contributed by atoms with Crippen LogP contribution >= 0.6 is 0 Å². The van der Waals surface area contributed by atoms with Crippen molar-refractivity contribution in [2.45, 2.75) is 62.7 Å². The van der Waals surface area contributed by atoms with Crippen LogP contribution in [0.3, 0.4) is 0 Å². The molecule has 0 aliphatic carbocycles. The monoisotopic (exact) mass is 618 g/mol. The predicted molar refractivity (Wildman–Crippen MR) is 159 cm³/mol. The highest BCUT2D eigenvalue weighted by molar-refractivity contribution is 5.94. The summed E-state index contributed by atoms with van der Waals surface area (Å²) in [6.45, 7) is 0.278. The van der Waals surface area contributed by atoms with Gasteiger partial charge in [-0.3, -0.25) is 28.8 Å². The Hall–Kier alpha value is -4.12. The van der Waals surface area contributed by atoms with Crippen LogP contribution in [0, 0.1) is 0 Å². The fourth-order valence-electron chi connectivity index (χ4n) is 4.68. The van der Waals surface area contributed by atoms with Crippen LogP contribution in [0.25, 0.3) is 0 Å². The lowest BCUT2D eigenvalue weighted by Crippen LogP contribution is -2.53. The van der Waals surface area contributed by atoms with Crippen LogP contribution in [0.5, 0.6) is 0 Å². The van der Waals surface area contributed by atoms with Gasteiger partial charge in [-0.1, -0.05) is 0 Å². The molecule has 6 amide bonds. The molecular weight excluding hydrogens is 576 g/mol. The van der Waals surface area contributed by atoms with Crippen molar-refractivity contribution in [3.63, 3.8) is 0 Å². The highest BCUT2D eigenvalue weighted by atomic mass is 16.3. The van der Waals surface area contributed by atoms with E-state index in [0.717, 1.165) is 25.9 Å². The molecule has 2 aliphatic heterocycles. The van der Waals surface area contributed by atoms with Crippen LogP contribution in [0.2, 0.25) is 0 Å². The number of anilines is 2. The van der Waals surface area contributed by atoms with Gasteiger partial charge in [-0.15, -0.1) is 0 Å². The number of hydrogen-bond acceptors (Lipinski definition) is 10. The molecular formula is C28H42N8O8. The highest BCUT2D eigenvalue weighted by Gasteiger charge is 2.28. The normalized spacial score (nSPS) is 18.9. The van der Waals surface area contributed by atoms with Crippen molar-refractivity contribution < 1.29 is 39.0 Å². The number of benzene rings is 1. The van der Waals surface area contributed by atoms with Gasteiger partial charge in [0, 0.05) is 37.3 Å². The van der Waals surface area contributed by atoms with Crippen LogP contribution in [-0.2, 0) is 28.8 Å². The molecule has 0 bridgehead atoms. The summed E-state index contributed by atoms with van der Waals surface area (Å²) in [7, 11) is 0. The average Bonchev–Trinajstić information content (AvgIpc) is 3.75. The van der Waals surface area contributed by atoms with E-state index in [1.807, 2.05) is 0 Å². The SMILES string of the molecule is O=C(CCNC(=O)[C@H](CO)NC(=O)[C@@H]1CCCN1)Nc1ccc(NC(=O)CCNC(=O)[C@H](CO)NC(=O)[C@H]2CCCN2)cc1. The van der Waals surface area contributed by atoms with Gasteiger partial charge >= 0.3 is 0 Å². The van der Waals surface area contributed by atoms with Gasteiger partial charge in [-0.2, -0.15) is 0 Å². The van der Waals surface area contributed by atoms with Crippen LogP contribution in [-0.4, -0.2) is 109 Å². The Labute approximate surface area is 254 Å². The predicted octanol–water partition coefficient (Wildman–Crippen LogP) is -2.97. The van der Waals surface area contributed by atoms with Crippen LogP contribution in [0.1, 0.15) is 38.5 Å². The van der Waals surface area contributed by atoms with Crippen molar-refractivity contribution in [1.29, 1.82) is 0 Å². The van der Waals surface area contributed by atoms with Crippen LogP contribution < -0.4 is 42.5 Å². The molecule has 0 unspecified atom stereocenters. The molecule has 0 spiro atoms. The van der Waals surface area contributed by atoms with E-state index in [0.29, 0.717) is 24.2 Å². The molecule has 2 heterocycles. The molecule has 44 heavy (non-hydrogen) atoms. The number of aliphatic hydroxyl groups excluding tert-OH is 2. The molecule has 16 heteroatoms. The Kier molecular flexibility index (Phi) is 14.0. The number of aliphatic hydroxyl groups is 2. The molecule has 10 N–H and O–H groups in total. The molecule has 2 saturated heterocycles. The van der Waals surface area contributed by atoms with E-state index < -0.39 is 37.1 Å². The summed E-state index contributed by atoms with van der Waals surface area (Å²) < 4.78 is 0. The maximum Gasteiger partial charge on any atom is 0.244 e. The van der Waals surface area contributed by atoms with Gasteiger partial charge in [0.15, 0.2) is 0 Å². The van der Waals surface area contributed by atoms with Gasteiger partial charge in [0.05, 0.1) is 25.3 Å². The summed E-state index contributed by atoms with van der Waals surface area (Å²) in [6, 6.07) is 3.31. The van der Waals surface area contributed by atoms with Gasteiger partial charge in [-0.05, 0) is 63.0 Å². The summed E-state index contributed by atoms with van der Waals surface area (Å²) in [5.41, 5.74) is 0.919. The van der Waals surface area contributed by atoms with Gasteiger partial charge in [0.1, 0.15) is 12.1 Å². The van der Waals surface area contributed by atoms with Gasteiger partial charge in [0.25, 0.3) is 0 Å². The second kappa shape index (κ2) is 17.9. The quantitative estimate of drug-likeness (QED) is 0.0903. The number of carbonyl (C=O) groups excluding carboxylic acids is 6. The number of carbonyl (C=O) groups is 6. The summed E-state index contributed by atoms with van der Waals surface area (Å²) in [4.78, 5) is 73.5. The van der Waals surface area contributed by atoms with Crippen molar-refractivity contribution in [2.24, 2.45) is 0 Å². The summed E-state index contributed by atoms with van der Waals surface area (Å²) in [5.74, 6) is -2.66. The second-order valence-electron chi connectivity index (χ2n) is 10.5. The second-order valence-corrected chi connectivity index (χ2v) is 10.5. The standard InChI is InChI=1S/C28H42N8O8/c37-15-21(35-27(43)19-3-1-11-29-19)25(41)31-13-9-23(39)33-17-5-7-18(8-6-17)34-24(40)10-14-32-26(42)22(16-38)36-28(44)20-4-2-12-30-20/h5-8,19-22,29-30,37-38H,1-4,9-16H2,(H,31,41)(H,32,42)(H,33,39)(H,34,40)(H,35,43)(H,36,44)/t19-,20+,21-,22-/m0/s1. The molecule has 1 aromatic rings.